The predicted octanol–water partition coefficient (Wildman–Crippen LogP) is 2.52. The number of hydrogen-bond donors (Lipinski definition) is 2. The lowest BCUT2D eigenvalue weighted by molar-refractivity contribution is -0.152. The number of benzene rings is 2. The molecule has 0 unspecified atom stereocenters. The topological polar surface area (TPSA) is 93.7 Å². The quantitative estimate of drug-likeness (QED) is 0.678. The van der Waals surface area contributed by atoms with Gasteiger partial charge in [0.05, 0.1) is 6.61 Å². The van der Waals surface area contributed by atoms with Gasteiger partial charge in [0.25, 0.3) is 11.8 Å². The molecule has 28 heavy (non-hydrogen) atoms. The van der Waals surface area contributed by atoms with Crippen LogP contribution < -0.4 is 15.4 Å². The zero-order valence-corrected chi connectivity index (χ0v) is 15.5. The third kappa shape index (κ3) is 6.39. The zero-order chi connectivity index (χ0) is 20.5. The summed E-state index contributed by atoms with van der Waals surface area (Å²) in [6, 6.07) is 11.6. The molecule has 148 valence electrons. The minimum absolute atomic E-state index is 0.360. The highest BCUT2D eigenvalue weighted by molar-refractivity contribution is 5.97. The molecule has 1 atom stereocenters. The van der Waals surface area contributed by atoms with Crippen molar-refractivity contribution >= 4 is 23.5 Å². The minimum Gasteiger partial charge on any atom is -0.494 e. The number of carbonyl (C=O) groups is 3. The second-order valence-electron chi connectivity index (χ2n) is 5.77. The maximum absolute atomic E-state index is 12.9. The molecule has 0 spiro atoms. The Morgan fingerprint density at radius 2 is 1.68 bits per heavy atom. The number of anilines is 1. The van der Waals surface area contributed by atoms with Gasteiger partial charge in [0.15, 0.2) is 6.10 Å². The van der Waals surface area contributed by atoms with Crippen molar-refractivity contribution in [3.63, 3.8) is 0 Å². The molecule has 0 fully saturated rings. The number of hydrogen-bond acceptors (Lipinski definition) is 5. The summed E-state index contributed by atoms with van der Waals surface area (Å²) in [5.41, 5.74) is 0.733. The molecule has 2 rings (SSSR count). The van der Waals surface area contributed by atoms with E-state index in [0.29, 0.717) is 23.6 Å². The maximum atomic E-state index is 12.9. The van der Waals surface area contributed by atoms with E-state index in [1.807, 2.05) is 6.92 Å². The summed E-state index contributed by atoms with van der Waals surface area (Å²) >= 11 is 0. The van der Waals surface area contributed by atoms with Crippen molar-refractivity contribution in [1.29, 1.82) is 0 Å². The maximum Gasteiger partial charge on any atom is 0.326 e. The SMILES string of the molecule is CCOc1ccc(C(=O)NCC(=O)O[C@H](C)C(=O)Nc2ccc(F)cc2)cc1. The highest BCUT2D eigenvalue weighted by Crippen LogP contribution is 2.12. The van der Waals surface area contributed by atoms with Crippen LogP contribution >= 0.6 is 0 Å². The number of amides is 2. The first kappa shape index (κ1) is 20.9. The van der Waals surface area contributed by atoms with Crippen LogP contribution in [0.2, 0.25) is 0 Å². The number of carbonyl (C=O) groups excluding carboxylic acids is 3. The van der Waals surface area contributed by atoms with E-state index in [0.717, 1.165) is 0 Å². The smallest absolute Gasteiger partial charge is 0.326 e. The second kappa shape index (κ2) is 10.1. The summed E-state index contributed by atoms with van der Waals surface area (Å²) in [6.45, 7) is 3.38. The molecule has 0 heterocycles. The number of esters is 1. The minimum atomic E-state index is -1.08. The Labute approximate surface area is 161 Å². The van der Waals surface area contributed by atoms with Gasteiger partial charge in [-0.2, -0.15) is 0 Å². The summed E-state index contributed by atoms with van der Waals surface area (Å²) < 4.78 is 23.1. The van der Waals surface area contributed by atoms with Crippen molar-refractivity contribution in [1.82, 2.24) is 5.32 Å². The van der Waals surface area contributed by atoms with E-state index in [-0.39, 0.29) is 6.54 Å². The molecule has 0 aliphatic heterocycles. The van der Waals surface area contributed by atoms with Gasteiger partial charge in [0.2, 0.25) is 0 Å². The molecule has 2 aromatic carbocycles. The molecule has 7 nitrogen and oxygen atoms in total. The van der Waals surface area contributed by atoms with Gasteiger partial charge in [0, 0.05) is 11.3 Å². The Balaban J connectivity index is 1.78. The van der Waals surface area contributed by atoms with Gasteiger partial charge in [-0.3, -0.25) is 14.4 Å². The Bertz CT molecular complexity index is 821. The Kier molecular flexibility index (Phi) is 7.50. The molecular weight excluding hydrogens is 367 g/mol. The van der Waals surface area contributed by atoms with Crippen LogP contribution in [-0.4, -0.2) is 37.0 Å². The molecule has 0 aromatic heterocycles. The molecule has 8 heteroatoms. The molecule has 0 bridgehead atoms. The first-order chi connectivity index (χ1) is 13.4. The highest BCUT2D eigenvalue weighted by atomic mass is 19.1. The van der Waals surface area contributed by atoms with E-state index in [2.05, 4.69) is 10.6 Å². The molecule has 2 aromatic rings. The number of nitrogens with one attached hydrogen (secondary N) is 2. The largest absolute Gasteiger partial charge is 0.494 e. The van der Waals surface area contributed by atoms with E-state index < -0.39 is 29.7 Å². The van der Waals surface area contributed by atoms with E-state index in [9.17, 15) is 18.8 Å². The molecule has 0 saturated heterocycles. The van der Waals surface area contributed by atoms with E-state index in [1.54, 1.807) is 24.3 Å². The Morgan fingerprint density at radius 1 is 1.04 bits per heavy atom. The molecule has 2 amide bonds. The molecule has 0 radical (unpaired) electrons. The molecule has 0 aliphatic carbocycles. The van der Waals surface area contributed by atoms with E-state index >= 15 is 0 Å². The van der Waals surface area contributed by atoms with Crippen LogP contribution in [0.3, 0.4) is 0 Å². The number of ether oxygens (including phenoxy) is 2. The van der Waals surface area contributed by atoms with Crippen molar-refractivity contribution in [2.45, 2.75) is 20.0 Å². The monoisotopic (exact) mass is 388 g/mol. The third-order valence-corrected chi connectivity index (χ3v) is 3.61. The van der Waals surface area contributed by atoms with Crippen molar-refractivity contribution in [2.75, 3.05) is 18.5 Å². The van der Waals surface area contributed by atoms with E-state index in [1.165, 1.54) is 31.2 Å². The molecular formula is C20H21FN2O5. The van der Waals surface area contributed by atoms with Crippen molar-refractivity contribution < 1.29 is 28.2 Å². The predicted molar refractivity (Wildman–Crippen MR) is 101 cm³/mol. The normalized spacial score (nSPS) is 11.2. The van der Waals surface area contributed by atoms with Crippen LogP contribution in [-0.2, 0) is 14.3 Å². The molecule has 2 N–H and O–H groups in total. The number of rotatable bonds is 8. The summed E-state index contributed by atoms with van der Waals surface area (Å²) in [4.78, 5) is 35.9. The van der Waals surface area contributed by atoms with Crippen LogP contribution in [0, 0.1) is 5.82 Å². The first-order valence-corrected chi connectivity index (χ1v) is 8.66. The first-order valence-electron chi connectivity index (χ1n) is 8.66. The van der Waals surface area contributed by atoms with Crippen molar-refractivity contribution in [3.8, 4) is 5.75 Å². The standard InChI is InChI=1S/C20H21FN2O5/c1-3-27-17-10-4-14(5-11-17)20(26)22-12-18(24)28-13(2)19(25)23-16-8-6-15(21)7-9-16/h4-11,13H,3,12H2,1-2H3,(H,22,26)(H,23,25)/t13-/m1/s1. The highest BCUT2D eigenvalue weighted by Gasteiger charge is 2.18. The van der Waals surface area contributed by atoms with Crippen LogP contribution in [0.25, 0.3) is 0 Å². The lowest BCUT2D eigenvalue weighted by atomic mass is 10.2. The Morgan fingerprint density at radius 3 is 2.29 bits per heavy atom. The van der Waals surface area contributed by atoms with Crippen molar-refractivity contribution in [3.05, 3.63) is 59.9 Å². The van der Waals surface area contributed by atoms with Crippen LogP contribution in [0.5, 0.6) is 5.75 Å². The van der Waals surface area contributed by atoms with Crippen LogP contribution in [0.1, 0.15) is 24.2 Å². The van der Waals surface area contributed by atoms with Gasteiger partial charge in [-0.15, -0.1) is 0 Å². The van der Waals surface area contributed by atoms with Gasteiger partial charge in [0.1, 0.15) is 18.1 Å². The van der Waals surface area contributed by atoms with Gasteiger partial charge in [-0.25, -0.2) is 4.39 Å². The van der Waals surface area contributed by atoms with Crippen LogP contribution in [0.4, 0.5) is 10.1 Å². The average molecular weight is 388 g/mol. The second-order valence-corrected chi connectivity index (χ2v) is 5.77. The number of halogens is 1. The summed E-state index contributed by atoms with van der Waals surface area (Å²) in [6.07, 6.45) is -1.08. The zero-order valence-electron chi connectivity index (χ0n) is 15.5. The van der Waals surface area contributed by atoms with Gasteiger partial charge >= 0.3 is 5.97 Å². The van der Waals surface area contributed by atoms with Gasteiger partial charge in [-0.1, -0.05) is 0 Å². The average Bonchev–Trinajstić information content (AvgIpc) is 2.68. The summed E-state index contributed by atoms with van der Waals surface area (Å²) in [5.74, 6) is -1.58. The lowest BCUT2D eigenvalue weighted by Crippen LogP contribution is -2.35. The van der Waals surface area contributed by atoms with Crippen LogP contribution in [0.15, 0.2) is 48.5 Å². The van der Waals surface area contributed by atoms with Gasteiger partial charge < -0.3 is 20.1 Å². The molecule has 0 saturated carbocycles. The van der Waals surface area contributed by atoms with Crippen molar-refractivity contribution in [2.24, 2.45) is 0 Å². The Hall–Kier alpha value is -3.42. The fourth-order valence-electron chi connectivity index (χ4n) is 2.19. The summed E-state index contributed by atoms with van der Waals surface area (Å²) in [7, 11) is 0. The summed E-state index contributed by atoms with van der Waals surface area (Å²) in [5, 5.41) is 4.92. The third-order valence-electron chi connectivity index (χ3n) is 3.61. The fraction of sp³-hybridized carbons (Fsp3) is 0.250. The van der Waals surface area contributed by atoms with E-state index in [4.69, 9.17) is 9.47 Å². The lowest BCUT2D eigenvalue weighted by Gasteiger charge is -2.14. The fourth-order valence-corrected chi connectivity index (χ4v) is 2.19. The molecule has 0 aliphatic rings. The van der Waals surface area contributed by atoms with Gasteiger partial charge in [-0.05, 0) is 62.4 Å².